The van der Waals surface area contributed by atoms with Crippen LogP contribution < -0.4 is 10.2 Å². The largest absolute Gasteiger partial charge is 0.326 e. The third-order valence-electron chi connectivity index (χ3n) is 5.21. The Hall–Kier alpha value is -2.62. The zero-order chi connectivity index (χ0) is 17.4. The fraction of sp³-hybridized carbons (Fsp3) is 0.333. The highest BCUT2D eigenvalue weighted by atomic mass is 16.2. The van der Waals surface area contributed by atoms with E-state index < -0.39 is 0 Å². The first-order chi connectivity index (χ1) is 12.1. The van der Waals surface area contributed by atoms with E-state index in [1.54, 1.807) is 4.90 Å². The van der Waals surface area contributed by atoms with Gasteiger partial charge in [0.1, 0.15) is 0 Å². The Labute approximate surface area is 147 Å². The van der Waals surface area contributed by atoms with Gasteiger partial charge in [0.05, 0.1) is 5.92 Å². The van der Waals surface area contributed by atoms with Crippen LogP contribution in [0.25, 0.3) is 0 Å². The molecule has 4 heteroatoms. The zero-order valence-corrected chi connectivity index (χ0v) is 14.4. The van der Waals surface area contributed by atoms with Crippen LogP contribution in [0.15, 0.2) is 42.5 Å². The van der Waals surface area contributed by atoms with Gasteiger partial charge in [-0.1, -0.05) is 23.8 Å². The zero-order valence-electron chi connectivity index (χ0n) is 14.4. The molecule has 1 aliphatic carbocycles. The molecule has 128 valence electrons. The molecular weight excluding hydrogens is 312 g/mol. The number of benzene rings is 2. The summed E-state index contributed by atoms with van der Waals surface area (Å²) in [6, 6.07) is 14.0. The standard InChI is InChI=1S/C21H22N2O2/c1-14-5-9-19(10-6-14)23-13-17(12-20(23)24)21(25)22-18-8-7-15-3-2-4-16(15)11-18/h5-11,17H,2-4,12-13H2,1H3,(H,22,25)/t17-/m1/s1. The maximum Gasteiger partial charge on any atom is 0.229 e. The van der Waals surface area contributed by atoms with Crippen molar-refractivity contribution < 1.29 is 9.59 Å². The number of carbonyl (C=O) groups is 2. The minimum Gasteiger partial charge on any atom is -0.326 e. The second-order valence-electron chi connectivity index (χ2n) is 7.07. The lowest BCUT2D eigenvalue weighted by molar-refractivity contribution is -0.122. The van der Waals surface area contributed by atoms with E-state index >= 15 is 0 Å². The van der Waals surface area contributed by atoms with Crippen molar-refractivity contribution in [3.63, 3.8) is 0 Å². The van der Waals surface area contributed by atoms with E-state index in [4.69, 9.17) is 0 Å². The number of nitrogens with one attached hydrogen (secondary N) is 1. The maximum absolute atomic E-state index is 12.6. The molecule has 1 aliphatic heterocycles. The molecule has 0 aromatic heterocycles. The van der Waals surface area contributed by atoms with Crippen LogP contribution in [-0.4, -0.2) is 18.4 Å². The van der Waals surface area contributed by atoms with E-state index in [1.165, 1.54) is 17.5 Å². The van der Waals surface area contributed by atoms with Gasteiger partial charge in [-0.25, -0.2) is 0 Å². The first-order valence-corrected chi connectivity index (χ1v) is 8.90. The van der Waals surface area contributed by atoms with Gasteiger partial charge in [-0.15, -0.1) is 0 Å². The molecule has 2 amide bonds. The molecule has 1 saturated heterocycles. The van der Waals surface area contributed by atoms with E-state index in [9.17, 15) is 9.59 Å². The highest BCUT2D eigenvalue weighted by Gasteiger charge is 2.35. The molecule has 2 aromatic rings. The molecule has 0 spiro atoms. The van der Waals surface area contributed by atoms with Crippen molar-refractivity contribution in [2.75, 3.05) is 16.8 Å². The third kappa shape index (κ3) is 3.16. The lowest BCUT2D eigenvalue weighted by Crippen LogP contribution is -2.28. The Morgan fingerprint density at radius 3 is 2.64 bits per heavy atom. The molecule has 4 rings (SSSR count). The normalized spacial score (nSPS) is 19.2. The summed E-state index contributed by atoms with van der Waals surface area (Å²) < 4.78 is 0. The Morgan fingerprint density at radius 1 is 1.08 bits per heavy atom. The number of hydrogen-bond acceptors (Lipinski definition) is 2. The highest BCUT2D eigenvalue weighted by Crippen LogP contribution is 2.28. The number of aryl methyl sites for hydroxylation is 3. The SMILES string of the molecule is Cc1ccc(N2C[C@H](C(=O)Nc3ccc4c(c3)CCC4)CC2=O)cc1. The van der Waals surface area contributed by atoms with Gasteiger partial charge >= 0.3 is 0 Å². The Kier molecular flexibility index (Phi) is 4.04. The van der Waals surface area contributed by atoms with Crippen LogP contribution in [-0.2, 0) is 22.4 Å². The van der Waals surface area contributed by atoms with Crippen molar-refractivity contribution in [1.29, 1.82) is 0 Å². The first kappa shape index (κ1) is 15.9. The molecule has 25 heavy (non-hydrogen) atoms. The van der Waals surface area contributed by atoms with Crippen molar-refractivity contribution in [2.45, 2.75) is 32.6 Å². The molecule has 1 atom stereocenters. The van der Waals surface area contributed by atoms with Crippen molar-refractivity contribution in [3.8, 4) is 0 Å². The summed E-state index contributed by atoms with van der Waals surface area (Å²) in [4.78, 5) is 26.6. The van der Waals surface area contributed by atoms with Crippen LogP contribution in [0.3, 0.4) is 0 Å². The smallest absolute Gasteiger partial charge is 0.229 e. The highest BCUT2D eigenvalue weighted by molar-refractivity contribution is 6.03. The fourth-order valence-electron chi connectivity index (χ4n) is 3.75. The predicted molar refractivity (Wildman–Crippen MR) is 98.7 cm³/mol. The summed E-state index contributed by atoms with van der Waals surface area (Å²) in [5.74, 6) is -0.360. The molecule has 0 bridgehead atoms. The lowest BCUT2D eigenvalue weighted by Gasteiger charge is -2.17. The van der Waals surface area contributed by atoms with Crippen molar-refractivity contribution >= 4 is 23.2 Å². The minimum atomic E-state index is -0.304. The molecule has 4 nitrogen and oxygen atoms in total. The van der Waals surface area contributed by atoms with E-state index in [1.807, 2.05) is 37.3 Å². The van der Waals surface area contributed by atoms with Crippen molar-refractivity contribution in [3.05, 3.63) is 59.2 Å². The number of nitrogens with zero attached hydrogens (tertiary/aromatic N) is 1. The molecule has 0 radical (unpaired) electrons. The predicted octanol–water partition coefficient (Wildman–Crippen LogP) is 3.48. The van der Waals surface area contributed by atoms with Crippen LogP contribution >= 0.6 is 0 Å². The Morgan fingerprint density at radius 2 is 1.84 bits per heavy atom. The molecule has 0 unspecified atom stereocenters. The van der Waals surface area contributed by atoms with Gasteiger partial charge in [0.15, 0.2) is 0 Å². The van der Waals surface area contributed by atoms with Gasteiger partial charge < -0.3 is 10.2 Å². The Balaban J connectivity index is 1.44. The summed E-state index contributed by atoms with van der Waals surface area (Å²) in [5, 5.41) is 3.00. The summed E-state index contributed by atoms with van der Waals surface area (Å²) >= 11 is 0. The summed E-state index contributed by atoms with van der Waals surface area (Å²) in [6.45, 7) is 2.46. The third-order valence-corrected chi connectivity index (χ3v) is 5.21. The summed E-state index contributed by atoms with van der Waals surface area (Å²) in [7, 11) is 0. The van der Waals surface area contributed by atoms with Crippen LogP contribution in [0.4, 0.5) is 11.4 Å². The van der Waals surface area contributed by atoms with Gasteiger partial charge in [0.2, 0.25) is 11.8 Å². The minimum absolute atomic E-state index is 0.0120. The van der Waals surface area contributed by atoms with Gasteiger partial charge in [0, 0.05) is 24.3 Å². The number of carbonyl (C=O) groups excluding carboxylic acids is 2. The van der Waals surface area contributed by atoms with Crippen LogP contribution in [0, 0.1) is 12.8 Å². The molecule has 1 N–H and O–H groups in total. The van der Waals surface area contributed by atoms with Crippen LogP contribution in [0.2, 0.25) is 0 Å². The fourth-order valence-corrected chi connectivity index (χ4v) is 3.75. The quantitative estimate of drug-likeness (QED) is 0.934. The molecule has 2 aromatic carbocycles. The molecular formula is C21H22N2O2. The average Bonchev–Trinajstić information content (AvgIpc) is 3.22. The van der Waals surface area contributed by atoms with E-state index in [0.29, 0.717) is 6.54 Å². The van der Waals surface area contributed by atoms with Gasteiger partial charge in [-0.05, 0) is 61.6 Å². The summed E-state index contributed by atoms with van der Waals surface area (Å²) in [5.41, 5.74) is 5.58. The monoisotopic (exact) mass is 334 g/mol. The van der Waals surface area contributed by atoms with Gasteiger partial charge in [-0.3, -0.25) is 9.59 Å². The van der Waals surface area contributed by atoms with E-state index in [0.717, 1.165) is 29.8 Å². The second-order valence-corrected chi connectivity index (χ2v) is 7.07. The number of amides is 2. The lowest BCUT2D eigenvalue weighted by atomic mass is 10.1. The van der Waals surface area contributed by atoms with Gasteiger partial charge in [0.25, 0.3) is 0 Å². The van der Waals surface area contributed by atoms with Crippen LogP contribution in [0.1, 0.15) is 29.5 Å². The molecule has 2 aliphatic rings. The second kappa shape index (κ2) is 6.36. The van der Waals surface area contributed by atoms with E-state index in [2.05, 4.69) is 17.4 Å². The number of rotatable bonds is 3. The maximum atomic E-state index is 12.6. The first-order valence-electron chi connectivity index (χ1n) is 8.90. The molecule has 0 saturated carbocycles. The summed E-state index contributed by atoms with van der Waals surface area (Å²) in [6.07, 6.45) is 3.67. The molecule has 1 heterocycles. The van der Waals surface area contributed by atoms with Crippen molar-refractivity contribution in [2.24, 2.45) is 5.92 Å². The van der Waals surface area contributed by atoms with Crippen molar-refractivity contribution in [1.82, 2.24) is 0 Å². The Bertz CT molecular complexity index is 826. The number of hydrogen-bond donors (Lipinski definition) is 1. The average molecular weight is 334 g/mol. The number of fused-ring (bicyclic) bond motifs is 1. The van der Waals surface area contributed by atoms with Gasteiger partial charge in [-0.2, -0.15) is 0 Å². The van der Waals surface area contributed by atoms with E-state index in [-0.39, 0.29) is 24.2 Å². The van der Waals surface area contributed by atoms with Crippen LogP contribution in [0.5, 0.6) is 0 Å². The topological polar surface area (TPSA) is 49.4 Å². The molecule has 1 fully saturated rings. The number of anilines is 2.